The number of urea groups is 1. The average molecular weight is 402 g/mol. The van der Waals surface area contributed by atoms with Crippen molar-refractivity contribution in [2.75, 3.05) is 5.32 Å². The lowest BCUT2D eigenvalue weighted by molar-refractivity contribution is 0.251. The molecular weight excluding hydrogens is 374 g/mol. The van der Waals surface area contributed by atoms with Crippen LogP contribution in [-0.2, 0) is 16.4 Å². The molecule has 7 heteroatoms. The van der Waals surface area contributed by atoms with Crippen LogP contribution in [0.15, 0.2) is 53.7 Å². The molecule has 0 bridgehead atoms. The maximum atomic E-state index is 13.0. The number of benzene rings is 1. The van der Waals surface area contributed by atoms with Crippen molar-refractivity contribution in [3.8, 4) is 0 Å². The fraction of sp³-hybridized carbons (Fsp3) is 0.429. The molecule has 150 valence electrons. The summed E-state index contributed by atoms with van der Waals surface area (Å²) in [6, 6.07) is 9.80. The van der Waals surface area contributed by atoms with Gasteiger partial charge in [-0.15, -0.1) is 0 Å². The molecule has 0 aliphatic heterocycles. The van der Waals surface area contributed by atoms with Crippen molar-refractivity contribution >= 4 is 21.6 Å². The molecule has 1 aromatic carbocycles. The van der Waals surface area contributed by atoms with Gasteiger partial charge in [-0.05, 0) is 54.7 Å². The number of aromatic nitrogens is 1. The molecule has 1 aliphatic rings. The van der Waals surface area contributed by atoms with Gasteiger partial charge in [0.2, 0.25) is 0 Å². The number of nitrogens with zero attached hydrogens (tertiary/aromatic N) is 1. The smallest absolute Gasteiger partial charge is 0.319 e. The van der Waals surface area contributed by atoms with Gasteiger partial charge < -0.3 is 10.6 Å². The van der Waals surface area contributed by atoms with E-state index in [-0.39, 0.29) is 17.2 Å². The molecule has 1 aromatic heterocycles. The Morgan fingerprint density at radius 1 is 1.14 bits per heavy atom. The Hall–Kier alpha value is -2.41. The first kappa shape index (κ1) is 20.3. The third-order valence-electron chi connectivity index (χ3n) is 5.38. The first-order valence-electron chi connectivity index (χ1n) is 9.78. The average Bonchev–Trinajstić information content (AvgIpc) is 2.73. The molecule has 2 unspecified atom stereocenters. The second-order valence-electron chi connectivity index (χ2n) is 7.23. The summed E-state index contributed by atoms with van der Waals surface area (Å²) in [6.45, 7) is 2.43. The molecule has 2 atom stereocenters. The number of sulfone groups is 1. The zero-order chi connectivity index (χ0) is 20.0. The van der Waals surface area contributed by atoms with Crippen LogP contribution in [0.1, 0.15) is 44.6 Å². The summed E-state index contributed by atoms with van der Waals surface area (Å²) in [6.07, 6.45) is 8.05. The van der Waals surface area contributed by atoms with Crippen LogP contribution in [0, 0.1) is 5.92 Å². The SMILES string of the molecule is CCC1CCCCC1S(=O)(=O)c1ccc(NC(=O)NCc2cccnc2)cc1. The molecule has 0 saturated heterocycles. The predicted octanol–water partition coefficient (Wildman–Crippen LogP) is 4.15. The fourth-order valence-corrected chi connectivity index (χ4v) is 5.99. The number of pyridine rings is 1. The van der Waals surface area contributed by atoms with Gasteiger partial charge in [0.25, 0.3) is 0 Å². The van der Waals surface area contributed by atoms with Crippen LogP contribution in [0.4, 0.5) is 10.5 Å². The van der Waals surface area contributed by atoms with E-state index in [1.165, 1.54) is 0 Å². The Kier molecular flexibility index (Phi) is 6.67. The third kappa shape index (κ3) is 4.90. The van der Waals surface area contributed by atoms with Gasteiger partial charge in [-0.2, -0.15) is 0 Å². The van der Waals surface area contributed by atoms with Crippen LogP contribution < -0.4 is 10.6 Å². The Labute approximate surface area is 166 Å². The topological polar surface area (TPSA) is 88.2 Å². The zero-order valence-electron chi connectivity index (χ0n) is 16.1. The highest BCUT2D eigenvalue weighted by molar-refractivity contribution is 7.92. The lowest BCUT2D eigenvalue weighted by Gasteiger charge is -2.30. The monoisotopic (exact) mass is 401 g/mol. The Balaban J connectivity index is 1.61. The van der Waals surface area contributed by atoms with Gasteiger partial charge in [-0.25, -0.2) is 13.2 Å². The number of hydrogen-bond acceptors (Lipinski definition) is 4. The van der Waals surface area contributed by atoms with Gasteiger partial charge in [-0.3, -0.25) is 4.98 Å². The Morgan fingerprint density at radius 3 is 2.57 bits per heavy atom. The molecule has 2 aromatic rings. The second-order valence-corrected chi connectivity index (χ2v) is 9.40. The van der Waals surface area contributed by atoms with Crippen molar-refractivity contribution in [2.45, 2.75) is 55.7 Å². The minimum Gasteiger partial charge on any atom is -0.334 e. The van der Waals surface area contributed by atoms with Gasteiger partial charge >= 0.3 is 6.03 Å². The van der Waals surface area contributed by atoms with Crippen molar-refractivity contribution < 1.29 is 13.2 Å². The summed E-state index contributed by atoms with van der Waals surface area (Å²) in [7, 11) is -3.35. The van der Waals surface area contributed by atoms with E-state index in [9.17, 15) is 13.2 Å². The summed E-state index contributed by atoms with van der Waals surface area (Å²) in [5, 5.41) is 5.18. The van der Waals surface area contributed by atoms with Crippen LogP contribution in [0.5, 0.6) is 0 Å². The van der Waals surface area contributed by atoms with Crippen molar-refractivity contribution in [1.82, 2.24) is 10.3 Å². The van der Waals surface area contributed by atoms with E-state index >= 15 is 0 Å². The first-order valence-corrected chi connectivity index (χ1v) is 11.3. The molecule has 1 heterocycles. The van der Waals surface area contributed by atoms with Gasteiger partial charge in [-0.1, -0.05) is 32.3 Å². The van der Waals surface area contributed by atoms with Crippen LogP contribution in [0.25, 0.3) is 0 Å². The van der Waals surface area contributed by atoms with E-state index < -0.39 is 9.84 Å². The Bertz CT molecular complexity index is 883. The number of anilines is 1. The summed E-state index contributed by atoms with van der Waals surface area (Å²) >= 11 is 0. The van der Waals surface area contributed by atoms with Crippen LogP contribution >= 0.6 is 0 Å². The molecule has 0 spiro atoms. The summed E-state index contributed by atoms with van der Waals surface area (Å²) in [5.41, 5.74) is 1.45. The summed E-state index contributed by atoms with van der Waals surface area (Å²) < 4.78 is 26.1. The van der Waals surface area contributed by atoms with Crippen LogP contribution in [0.2, 0.25) is 0 Å². The number of carbonyl (C=O) groups is 1. The second kappa shape index (κ2) is 9.19. The van der Waals surface area contributed by atoms with Crippen LogP contribution in [0.3, 0.4) is 0 Å². The van der Waals surface area contributed by atoms with Gasteiger partial charge in [0, 0.05) is 24.6 Å². The number of rotatable bonds is 6. The highest BCUT2D eigenvalue weighted by Gasteiger charge is 2.35. The van der Waals surface area contributed by atoms with E-state index in [0.29, 0.717) is 17.1 Å². The minimum absolute atomic E-state index is 0.231. The lowest BCUT2D eigenvalue weighted by Crippen LogP contribution is -2.32. The van der Waals surface area contributed by atoms with Crippen molar-refractivity contribution in [1.29, 1.82) is 0 Å². The van der Waals surface area contributed by atoms with Gasteiger partial charge in [0.05, 0.1) is 10.1 Å². The normalized spacial score (nSPS) is 19.8. The minimum atomic E-state index is -3.35. The molecule has 6 nitrogen and oxygen atoms in total. The van der Waals surface area contributed by atoms with E-state index in [2.05, 4.69) is 22.5 Å². The molecule has 2 amide bonds. The summed E-state index contributed by atoms with van der Waals surface area (Å²) in [5.74, 6) is 0.231. The molecule has 28 heavy (non-hydrogen) atoms. The summed E-state index contributed by atoms with van der Waals surface area (Å²) in [4.78, 5) is 16.4. The van der Waals surface area contributed by atoms with Crippen LogP contribution in [-0.4, -0.2) is 24.7 Å². The fourth-order valence-electron chi connectivity index (χ4n) is 3.81. The van der Waals surface area contributed by atoms with Gasteiger partial charge in [0.1, 0.15) is 0 Å². The van der Waals surface area contributed by atoms with E-state index in [1.54, 1.807) is 36.7 Å². The van der Waals surface area contributed by atoms with Crippen molar-refractivity contribution in [3.63, 3.8) is 0 Å². The number of nitrogens with one attached hydrogen (secondary N) is 2. The largest absolute Gasteiger partial charge is 0.334 e. The highest BCUT2D eigenvalue weighted by atomic mass is 32.2. The first-order chi connectivity index (χ1) is 13.5. The standard InChI is InChI=1S/C21H27N3O3S/c1-2-17-7-3-4-8-20(17)28(26,27)19-11-9-18(10-12-19)24-21(25)23-15-16-6-5-13-22-14-16/h5-6,9-14,17,20H,2-4,7-8,15H2,1H3,(H2,23,24,25). The number of hydrogen-bond donors (Lipinski definition) is 2. The van der Waals surface area contributed by atoms with E-state index in [4.69, 9.17) is 0 Å². The molecule has 1 aliphatic carbocycles. The predicted molar refractivity (Wildman–Crippen MR) is 110 cm³/mol. The molecule has 2 N–H and O–H groups in total. The third-order valence-corrected chi connectivity index (χ3v) is 7.73. The molecule has 1 fully saturated rings. The van der Waals surface area contributed by atoms with E-state index in [0.717, 1.165) is 37.7 Å². The van der Waals surface area contributed by atoms with Gasteiger partial charge in [0.15, 0.2) is 9.84 Å². The Morgan fingerprint density at radius 2 is 1.89 bits per heavy atom. The maximum Gasteiger partial charge on any atom is 0.319 e. The molecule has 0 radical (unpaired) electrons. The van der Waals surface area contributed by atoms with Crippen molar-refractivity contribution in [3.05, 3.63) is 54.4 Å². The lowest BCUT2D eigenvalue weighted by atomic mass is 9.87. The number of carbonyl (C=O) groups excluding carboxylic acids is 1. The molecule has 1 saturated carbocycles. The van der Waals surface area contributed by atoms with Crippen molar-refractivity contribution in [2.24, 2.45) is 5.92 Å². The van der Waals surface area contributed by atoms with E-state index in [1.807, 2.05) is 12.1 Å². The zero-order valence-corrected chi connectivity index (χ0v) is 16.9. The number of amides is 2. The molecule has 3 rings (SSSR count). The molecular formula is C21H27N3O3S. The maximum absolute atomic E-state index is 13.0. The quantitative estimate of drug-likeness (QED) is 0.761. The highest BCUT2D eigenvalue weighted by Crippen LogP contribution is 2.35.